The molecule has 1 heterocycles. The number of nitrogens with one attached hydrogen (secondary N) is 1. The monoisotopic (exact) mass is 152 g/mol. The van der Waals surface area contributed by atoms with Crippen LogP contribution in [0.5, 0.6) is 0 Å². The minimum absolute atomic E-state index is 0.0365. The number of hydrogen-bond acceptors (Lipinski definition) is 2. The summed E-state index contributed by atoms with van der Waals surface area (Å²) in [5.41, 5.74) is -0.0365. The minimum atomic E-state index is -0.0365. The van der Waals surface area contributed by atoms with Crippen LogP contribution in [0.15, 0.2) is 0 Å². The first-order valence-corrected chi connectivity index (χ1v) is 4.33. The highest BCUT2D eigenvalue weighted by Crippen LogP contribution is 2.35. The molecule has 0 atom stereocenters. The highest BCUT2D eigenvalue weighted by atomic mass is 14.9. The van der Waals surface area contributed by atoms with Crippen LogP contribution in [0, 0.1) is 22.7 Å². The smallest absolute Gasteiger partial charge is 0.0693 e. The molecule has 0 aromatic rings. The van der Waals surface area contributed by atoms with Crippen LogP contribution in [-0.4, -0.2) is 13.1 Å². The second-order valence-corrected chi connectivity index (χ2v) is 3.67. The van der Waals surface area contributed by atoms with Gasteiger partial charge in [0.2, 0.25) is 0 Å². The fourth-order valence-corrected chi connectivity index (χ4v) is 1.69. The Bertz CT molecular complexity index is 161. The second-order valence-electron chi connectivity index (χ2n) is 3.67. The van der Waals surface area contributed by atoms with Crippen LogP contribution in [0.25, 0.3) is 0 Å². The van der Waals surface area contributed by atoms with Crippen molar-refractivity contribution in [3.63, 3.8) is 0 Å². The Morgan fingerprint density at radius 2 is 1.91 bits per heavy atom. The van der Waals surface area contributed by atoms with Crippen molar-refractivity contribution in [2.45, 2.75) is 26.7 Å². The largest absolute Gasteiger partial charge is 0.317 e. The van der Waals surface area contributed by atoms with Crippen molar-refractivity contribution in [3.05, 3.63) is 0 Å². The zero-order chi connectivity index (χ0) is 8.32. The third kappa shape index (κ3) is 1.54. The van der Waals surface area contributed by atoms with Gasteiger partial charge in [0.1, 0.15) is 0 Å². The van der Waals surface area contributed by atoms with E-state index in [0.717, 1.165) is 25.9 Å². The van der Waals surface area contributed by atoms with E-state index in [-0.39, 0.29) is 5.41 Å². The van der Waals surface area contributed by atoms with Gasteiger partial charge in [-0.25, -0.2) is 0 Å². The molecule has 0 aromatic carbocycles. The van der Waals surface area contributed by atoms with Crippen LogP contribution in [0.1, 0.15) is 26.7 Å². The normalized spacial score (nSPS) is 23.1. The molecule has 2 heteroatoms. The lowest BCUT2D eigenvalue weighted by molar-refractivity contribution is 0.202. The Morgan fingerprint density at radius 3 is 2.18 bits per heavy atom. The van der Waals surface area contributed by atoms with Gasteiger partial charge >= 0.3 is 0 Å². The van der Waals surface area contributed by atoms with E-state index in [4.69, 9.17) is 5.26 Å². The van der Waals surface area contributed by atoms with Gasteiger partial charge in [-0.3, -0.25) is 0 Å². The van der Waals surface area contributed by atoms with Gasteiger partial charge in [-0.15, -0.1) is 0 Å². The first-order valence-electron chi connectivity index (χ1n) is 4.33. The summed E-state index contributed by atoms with van der Waals surface area (Å²) in [6, 6.07) is 2.48. The molecule has 0 radical (unpaired) electrons. The topological polar surface area (TPSA) is 35.8 Å². The van der Waals surface area contributed by atoms with Crippen LogP contribution in [-0.2, 0) is 0 Å². The molecule has 0 unspecified atom stereocenters. The molecule has 2 nitrogen and oxygen atoms in total. The summed E-state index contributed by atoms with van der Waals surface area (Å²) in [6.07, 6.45) is 2.03. The zero-order valence-electron chi connectivity index (χ0n) is 7.35. The molecule has 0 bridgehead atoms. The van der Waals surface area contributed by atoms with Crippen molar-refractivity contribution < 1.29 is 0 Å². The third-order valence-electron chi connectivity index (χ3n) is 2.82. The number of hydrogen-bond donors (Lipinski definition) is 1. The molecule has 0 spiro atoms. The van der Waals surface area contributed by atoms with E-state index in [1.54, 1.807) is 0 Å². The predicted molar refractivity (Wildman–Crippen MR) is 45.0 cm³/mol. The lowest BCUT2D eigenvalue weighted by Crippen LogP contribution is -2.39. The Balaban J connectivity index is 2.67. The van der Waals surface area contributed by atoms with Crippen LogP contribution in [0.4, 0.5) is 0 Å². The summed E-state index contributed by atoms with van der Waals surface area (Å²) in [6.45, 7) is 6.31. The van der Waals surface area contributed by atoms with Gasteiger partial charge in [0.05, 0.1) is 11.5 Å². The fraction of sp³-hybridized carbons (Fsp3) is 0.889. The maximum atomic E-state index is 9.03. The average molecular weight is 152 g/mol. The Kier molecular flexibility index (Phi) is 2.51. The second kappa shape index (κ2) is 3.23. The molecule has 11 heavy (non-hydrogen) atoms. The lowest BCUT2D eigenvalue weighted by Gasteiger charge is -2.34. The number of nitriles is 1. The van der Waals surface area contributed by atoms with Crippen molar-refractivity contribution in [1.29, 1.82) is 5.26 Å². The van der Waals surface area contributed by atoms with E-state index < -0.39 is 0 Å². The zero-order valence-corrected chi connectivity index (χ0v) is 7.35. The molecule has 0 aliphatic carbocycles. The lowest BCUT2D eigenvalue weighted by atomic mass is 9.72. The fourth-order valence-electron chi connectivity index (χ4n) is 1.69. The van der Waals surface area contributed by atoms with Crippen molar-refractivity contribution in [1.82, 2.24) is 5.32 Å². The van der Waals surface area contributed by atoms with Crippen molar-refractivity contribution in [3.8, 4) is 6.07 Å². The first-order chi connectivity index (χ1) is 5.21. The van der Waals surface area contributed by atoms with Gasteiger partial charge in [-0.1, -0.05) is 13.8 Å². The summed E-state index contributed by atoms with van der Waals surface area (Å²) in [7, 11) is 0. The standard InChI is InChI=1S/C9H16N2/c1-8(2)9(7-10)3-5-11-6-4-9/h8,11H,3-6H2,1-2H3. The van der Waals surface area contributed by atoms with Crippen molar-refractivity contribution in [2.75, 3.05) is 13.1 Å². The number of nitrogens with zero attached hydrogens (tertiary/aromatic N) is 1. The molecule has 1 aliphatic heterocycles. The number of piperidine rings is 1. The maximum absolute atomic E-state index is 9.03. The predicted octanol–water partition coefficient (Wildman–Crippen LogP) is 1.54. The SMILES string of the molecule is CC(C)C1(C#N)CCNCC1. The van der Waals surface area contributed by atoms with Gasteiger partial charge in [0.25, 0.3) is 0 Å². The highest BCUT2D eigenvalue weighted by Gasteiger charge is 2.34. The van der Waals surface area contributed by atoms with Gasteiger partial charge in [0, 0.05) is 0 Å². The van der Waals surface area contributed by atoms with Crippen molar-refractivity contribution >= 4 is 0 Å². The van der Waals surface area contributed by atoms with Gasteiger partial charge in [-0.05, 0) is 31.8 Å². The summed E-state index contributed by atoms with van der Waals surface area (Å²) < 4.78 is 0. The van der Waals surface area contributed by atoms with Crippen LogP contribution in [0.2, 0.25) is 0 Å². The molecule has 1 saturated heterocycles. The van der Waals surface area contributed by atoms with Crippen LogP contribution >= 0.6 is 0 Å². The molecule has 1 rings (SSSR count). The molecule has 62 valence electrons. The third-order valence-corrected chi connectivity index (χ3v) is 2.82. The summed E-state index contributed by atoms with van der Waals surface area (Å²) in [4.78, 5) is 0. The quantitative estimate of drug-likeness (QED) is 0.618. The summed E-state index contributed by atoms with van der Waals surface area (Å²) in [5.74, 6) is 0.495. The molecule has 1 fully saturated rings. The van der Waals surface area contributed by atoms with E-state index in [1.165, 1.54) is 0 Å². The van der Waals surface area contributed by atoms with Crippen LogP contribution in [0.3, 0.4) is 0 Å². The van der Waals surface area contributed by atoms with Gasteiger partial charge in [0.15, 0.2) is 0 Å². The molecule has 1 aliphatic rings. The average Bonchev–Trinajstić information content (AvgIpc) is 2.05. The van der Waals surface area contributed by atoms with Crippen molar-refractivity contribution in [2.24, 2.45) is 11.3 Å². The Hall–Kier alpha value is -0.550. The molecule has 0 amide bonds. The van der Waals surface area contributed by atoms with Crippen LogP contribution < -0.4 is 5.32 Å². The Labute approximate surface area is 68.6 Å². The van der Waals surface area contributed by atoms with E-state index in [1.807, 2.05) is 0 Å². The van der Waals surface area contributed by atoms with E-state index in [9.17, 15) is 0 Å². The first kappa shape index (κ1) is 8.55. The number of rotatable bonds is 1. The summed E-state index contributed by atoms with van der Waals surface area (Å²) in [5, 5.41) is 12.3. The van der Waals surface area contributed by atoms with Gasteiger partial charge in [-0.2, -0.15) is 5.26 Å². The minimum Gasteiger partial charge on any atom is -0.317 e. The highest BCUT2D eigenvalue weighted by molar-refractivity contribution is 5.03. The maximum Gasteiger partial charge on any atom is 0.0693 e. The molecule has 1 N–H and O–H groups in total. The van der Waals surface area contributed by atoms with Gasteiger partial charge < -0.3 is 5.32 Å². The Morgan fingerprint density at radius 1 is 1.36 bits per heavy atom. The molecule has 0 aromatic heterocycles. The molecular formula is C9H16N2. The molecule has 0 saturated carbocycles. The van der Waals surface area contributed by atoms with E-state index in [2.05, 4.69) is 25.2 Å². The molecular weight excluding hydrogens is 136 g/mol. The van der Waals surface area contributed by atoms with E-state index in [0.29, 0.717) is 5.92 Å². The van der Waals surface area contributed by atoms with E-state index >= 15 is 0 Å². The summed E-state index contributed by atoms with van der Waals surface area (Å²) >= 11 is 0.